The lowest BCUT2D eigenvalue weighted by atomic mass is 10.0. The first-order valence-corrected chi connectivity index (χ1v) is 18.0. The van der Waals surface area contributed by atoms with Crippen LogP contribution in [0.4, 0.5) is 11.4 Å². The Labute approximate surface area is 258 Å². The second kappa shape index (κ2) is 14.3. The lowest BCUT2D eigenvalue weighted by Crippen LogP contribution is -2.17. The molecule has 0 N–H and O–H groups in total. The van der Waals surface area contributed by atoms with Gasteiger partial charge in [-0.05, 0) is 120 Å². The molecule has 2 aromatic carbocycles. The summed E-state index contributed by atoms with van der Waals surface area (Å²) in [6.07, 6.45) is 15.0. The van der Waals surface area contributed by atoms with Crippen molar-refractivity contribution in [1.29, 1.82) is 0 Å². The monoisotopic (exact) mass is 633 g/mol. The van der Waals surface area contributed by atoms with Crippen molar-refractivity contribution in [1.82, 2.24) is 0 Å². The predicted molar refractivity (Wildman–Crippen MR) is 183 cm³/mol. The summed E-state index contributed by atoms with van der Waals surface area (Å²) in [5.74, 6) is 0. The van der Waals surface area contributed by atoms with Gasteiger partial charge in [0.2, 0.25) is 0 Å². The number of thiophene rings is 2. The molecule has 0 radical (unpaired) electrons. The van der Waals surface area contributed by atoms with Crippen molar-refractivity contribution in [3.63, 3.8) is 0 Å². The van der Waals surface area contributed by atoms with Crippen LogP contribution in [-0.2, 0) is 25.7 Å². The van der Waals surface area contributed by atoms with E-state index in [9.17, 15) is 0 Å². The van der Waals surface area contributed by atoms with Gasteiger partial charge in [-0.3, -0.25) is 0 Å². The third-order valence-corrected chi connectivity index (χ3v) is 11.7. The molecule has 4 heteroatoms. The Morgan fingerprint density at radius 1 is 0.675 bits per heavy atom. The fraction of sp³-hybridized carbons (Fsp3) is 0.444. The number of fused-ring (bicyclic) bond motifs is 2. The van der Waals surface area contributed by atoms with E-state index in [4.69, 9.17) is 0 Å². The van der Waals surface area contributed by atoms with Gasteiger partial charge in [-0.25, -0.2) is 0 Å². The molecule has 0 atom stereocenters. The average molecular weight is 635 g/mol. The molecule has 4 aromatic rings. The minimum absolute atomic E-state index is 0.989. The fourth-order valence-corrected chi connectivity index (χ4v) is 9.18. The van der Waals surface area contributed by atoms with Crippen LogP contribution in [-0.4, -0.2) is 6.54 Å². The standard InChI is InChI=1S/C36H44BrNS2/c1-4-7-9-11-16-29-24-33(39-35(29)34-25-30(36(37)40-34)17-12-10-8-5-2)28-21-22-32-27(23-28)20-19-26-15-13-14-18-31(26)38(32)6-3/h13-15,18,21-25H,4-12,16-17,19-20H2,1-3H3. The zero-order valence-corrected chi connectivity index (χ0v) is 27.7. The van der Waals surface area contributed by atoms with E-state index in [1.807, 2.05) is 22.7 Å². The van der Waals surface area contributed by atoms with Crippen molar-refractivity contribution in [2.24, 2.45) is 0 Å². The van der Waals surface area contributed by atoms with Crippen molar-refractivity contribution in [3.8, 4) is 20.2 Å². The van der Waals surface area contributed by atoms with E-state index in [1.54, 1.807) is 5.56 Å². The number of unbranched alkanes of at least 4 members (excludes halogenated alkanes) is 6. The number of anilines is 2. The molecule has 0 unspecified atom stereocenters. The van der Waals surface area contributed by atoms with Gasteiger partial charge in [-0.2, -0.15) is 0 Å². The largest absolute Gasteiger partial charge is 0.341 e. The van der Waals surface area contributed by atoms with Crippen molar-refractivity contribution in [3.05, 3.63) is 80.6 Å². The van der Waals surface area contributed by atoms with Crippen LogP contribution in [0.5, 0.6) is 0 Å². The van der Waals surface area contributed by atoms with E-state index < -0.39 is 0 Å². The Hall–Kier alpha value is -1.88. The minimum Gasteiger partial charge on any atom is -0.341 e. The molecule has 1 aliphatic rings. The molecule has 0 saturated heterocycles. The molecule has 0 fully saturated rings. The Morgan fingerprint density at radius 2 is 1.35 bits per heavy atom. The molecular formula is C36H44BrNS2. The number of aryl methyl sites for hydroxylation is 4. The number of benzene rings is 2. The van der Waals surface area contributed by atoms with Crippen molar-refractivity contribution in [2.45, 2.75) is 97.8 Å². The summed E-state index contributed by atoms with van der Waals surface area (Å²) in [5.41, 5.74) is 10.1. The van der Waals surface area contributed by atoms with Gasteiger partial charge < -0.3 is 4.90 Å². The van der Waals surface area contributed by atoms with Crippen LogP contribution in [0.15, 0.2) is 58.4 Å². The zero-order chi connectivity index (χ0) is 27.9. The van der Waals surface area contributed by atoms with E-state index in [2.05, 4.69) is 96.2 Å². The van der Waals surface area contributed by atoms with Gasteiger partial charge in [0.25, 0.3) is 0 Å². The normalized spacial score (nSPS) is 12.8. The maximum absolute atomic E-state index is 3.92. The molecule has 0 saturated carbocycles. The Morgan fingerprint density at radius 3 is 2.10 bits per heavy atom. The highest BCUT2D eigenvalue weighted by atomic mass is 79.9. The molecule has 0 spiro atoms. The van der Waals surface area contributed by atoms with E-state index >= 15 is 0 Å². The quantitative estimate of drug-likeness (QED) is 0.132. The zero-order valence-electron chi connectivity index (χ0n) is 24.5. The van der Waals surface area contributed by atoms with Crippen LogP contribution in [0.3, 0.4) is 0 Å². The molecule has 0 bridgehead atoms. The SMILES string of the molecule is CCCCCCc1cc(-c2sc(-c3ccc4c(c3)CCc3ccccc3N4CC)cc2CCCCCC)sc1Br. The predicted octanol–water partition coefficient (Wildman–Crippen LogP) is 12.4. The topological polar surface area (TPSA) is 3.24 Å². The van der Waals surface area contributed by atoms with Crippen LogP contribution >= 0.6 is 38.6 Å². The van der Waals surface area contributed by atoms with E-state index in [-0.39, 0.29) is 0 Å². The summed E-state index contributed by atoms with van der Waals surface area (Å²) < 4.78 is 1.33. The highest BCUT2D eigenvalue weighted by Crippen LogP contribution is 2.45. The van der Waals surface area contributed by atoms with Crippen LogP contribution in [0, 0.1) is 0 Å². The number of rotatable bonds is 13. The fourth-order valence-electron chi connectivity index (χ4n) is 6.07. The second-order valence-electron chi connectivity index (χ2n) is 11.2. The third kappa shape index (κ3) is 6.77. The van der Waals surface area contributed by atoms with Crippen LogP contribution in [0.2, 0.25) is 0 Å². The summed E-state index contributed by atoms with van der Waals surface area (Å²) >= 11 is 7.87. The van der Waals surface area contributed by atoms with Gasteiger partial charge in [0, 0.05) is 32.6 Å². The Kier molecular flexibility index (Phi) is 10.6. The number of halogens is 1. The molecule has 1 aliphatic heterocycles. The third-order valence-electron chi connectivity index (χ3n) is 8.31. The summed E-state index contributed by atoms with van der Waals surface area (Å²) in [7, 11) is 0. The van der Waals surface area contributed by atoms with E-state index in [1.165, 1.54) is 116 Å². The van der Waals surface area contributed by atoms with E-state index in [0.717, 1.165) is 19.4 Å². The highest BCUT2D eigenvalue weighted by Gasteiger charge is 2.21. The van der Waals surface area contributed by atoms with Crippen molar-refractivity contribution >= 4 is 50.0 Å². The number of hydrogen-bond acceptors (Lipinski definition) is 3. The molecule has 212 valence electrons. The lowest BCUT2D eigenvalue weighted by Gasteiger charge is -2.25. The van der Waals surface area contributed by atoms with Crippen LogP contribution in [0.1, 0.15) is 94.4 Å². The molecule has 0 amide bonds. The van der Waals surface area contributed by atoms with Gasteiger partial charge >= 0.3 is 0 Å². The van der Waals surface area contributed by atoms with Crippen molar-refractivity contribution < 1.29 is 0 Å². The summed E-state index contributed by atoms with van der Waals surface area (Å²) in [5, 5.41) is 0. The summed E-state index contributed by atoms with van der Waals surface area (Å²) in [6, 6.07) is 21.2. The first-order chi connectivity index (χ1) is 19.6. The summed E-state index contributed by atoms with van der Waals surface area (Å²) in [4.78, 5) is 6.87. The van der Waals surface area contributed by atoms with Gasteiger partial charge in [-0.15, -0.1) is 22.7 Å². The number of hydrogen-bond donors (Lipinski definition) is 0. The van der Waals surface area contributed by atoms with Gasteiger partial charge in [0.1, 0.15) is 0 Å². The first-order valence-electron chi connectivity index (χ1n) is 15.5. The molecule has 40 heavy (non-hydrogen) atoms. The number of para-hydroxylation sites is 1. The molecule has 0 aliphatic carbocycles. The second-order valence-corrected chi connectivity index (χ2v) is 14.6. The molecule has 2 aromatic heterocycles. The maximum atomic E-state index is 3.92. The Bertz CT molecular complexity index is 1400. The molecule has 1 nitrogen and oxygen atoms in total. The van der Waals surface area contributed by atoms with Gasteiger partial charge in [0.15, 0.2) is 0 Å². The van der Waals surface area contributed by atoms with Gasteiger partial charge in [-0.1, -0.05) is 76.6 Å². The average Bonchev–Trinajstić information content (AvgIpc) is 3.52. The highest BCUT2D eigenvalue weighted by molar-refractivity contribution is 9.11. The number of nitrogens with zero attached hydrogens (tertiary/aromatic N) is 1. The first kappa shape index (κ1) is 29.6. The lowest BCUT2D eigenvalue weighted by molar-refractivity contribution is 0.667. The molecule has 5 rings (SSSR count). The smallest absolute Gasteiger partial charge is 0.0737 e. The van der Waals surface area contributed by atoms with E-state index in [0.29, 0.717) is 0 Å². The van der Waals surface area contributed by atoms with Crippen LogP contribution in [0.25, 0.3) is 20.2 Å². The van der Waals surface area contributed by atoms with Gasteiger partial charge in [0.05, 0.1) is 3.79 Å². The van der Waals surface area contributed by atoms with Crippen LogP contribution < -0.4 is 4.90 Å². The van der Waals surface area contributed by atoms with Crippen molar-refractivity contribution in [2.75, 3.05) is 11.4 Å². The maximum Gasteiger partial charge on any atom is 0.0737 e. The summed E-state index contributed by atoms with van der Waals surface area (Å²) in [6.45, 7) is 7.85. The Balaban J connectivity index is 1.46. The molecule has 3 heterocycles. The molecular weight excluding hydrogens is 590 g/mol. The minimum atomic E-state index is 0.989.